The maximum absolute atomic E-state index is 14.5. The molecule has 45 heavy (non-hydrogen) atoms. The number of halogens is 3. The van der Waals surface area contributed by atoms with Crippen molar-refractivity contribution in [3.05, 3.63) is 99.1 Å². The number of hydrogen-bond acceptors (Lipinski definition) is 5. The van der Waals surface area contributed by atoms with E-state index in [1.54, 1.807) is 7.11 Å². The van der Waals surface area contributed by atoms with E-state index in [4.69, 9.17) is 21.1 Å². The Hall–Kier alpha value is -3.27. The Morgan fingerprint density at radius 1 is 1.07 bits per heavy atom. The smallest absolute Gasteiger partial charge is 0.252 e. The van der Waals surface area contributed by atoms with Gasteiger partial charge in [-0.1, -0.05) is 48.0 Å². The highest BCUT2D eigenvalue weighted by atomic mass is 35.5. The van der Waals surface area contributed by atoms with Crippen molar-refractivity contribution >= 4 is 33.9 Å². The molecule has 238 valence electrons. The predicted octanol–water partition coefficient (Wildman–Crippen LogP) is 6.38. The molecule has 6 rings (SSSR count). The van der Waals surface area contributed by atoms with Gasteiger partial charge in [-0.15, -0.1) is 0 Å². The lowest BCUT2D eigenvalue weighted by Gasteiger charge is -2.40. The zero-order valence-electron chi connectivity index (χ0n) is 25.4. The molecule has 1 N–H and O–H groups in total. The molecule has 0 aromatic heterocycles. The third kappa shape index (κ3) is 6.95. The number of nitrogens with zero attached hydrogens (tertiary/aromatic N) is 1. The molecule has 0 unspecified atom stereocenters. The predicted molar refractivity (Wildman–Crippen MR) is 173 cm³/mol. The molecule has 0 spiro atoms. The summed E-state index contributed by atoms with van der Waals surface area (Å²) in [6.07, 6.45) is 3.83. The summed E-state index contributed by atoms with van der Waals surface area (Å²) in [6.45, 7) is 2.70. The summed E-state index contributed by atoms with van der Waals surface area (Å²) >= 11 is 5.86. The molecule has 1 saturated carbocycles. The summed E-state index contributed by atoms with van der Waals surface area (Å²) in [5, 5.41) is 3.25. The van der Waals surface area contributed by atoms with Crippen LogP contribution in [0.15, 0.2) is 60.2 Å². The number of benzene rings is 3. The van der Waals surface area contributed by atoms with Crippen LogP contribution in [-0.2, 0) is 28.6 Å². The molecule has 10 heteroatoms. The van der Waals surface area contributed by atoms with Crippen LogP contribution in [0.25, 0.3) is 5.57 Å². The lowest BCUT2D eigenvalue weighted by Crippen LogP contribution is -2.56. The van der Waals surface area contributed by atoms with E-state index in [1.807, 2.05) is 54.3 Å². The van der Waals surface area contributed by atoms with Gasteiger partial charge >= 0.3 is 0 Å². The fourth-order valence-electron chi connectivity index (χ4n) is 6.37. The molecule has 1 aliphatic carbocycles. The van der Waals surface area contributed by atoms with E-state index in [1.165, 1.54) is 0 Å². The van der Waals surface area contributed by atoms with Gasteiger partial charge in [0.05, 0.1) is 13.7 Å². The van der Waals surface area contributed by atoms with Crippen molar-refractivity contribution < 1.29 is 27.3 Å². The van der Waals surface area contributed by atoms with Crippen molar-refractivity contribution in [3.8, 4) is 11.5 Å². The number of amides is 1. The first kappa shape index (κ1) is 31.7. The SMILES string of the molecule is COc1cccc(CN(C(=O)C2=C(c3ccc(CCCOc4c(F)ccc(F)c4Cl)cc3)C[C@@H]3C[S@@](=O)C[C@H]2N3)C2CC2)c1C. The zero-order valence-corrected chi connectivity index (χ0v) is 27.0. The van der Waals surface area contributed by atoms with E-state index in [0.717, 1.165) is 64.1 Å². The Balaban J connectivity index is 1.22. The van der Waals surface area contributed by atoms with Crippen LogP contribution in [-0.4, -0.2) is 58.4 Å². The number of rotatable bonds is 11. The first-order chi connectivity index (χ1) is 21.7. The minimum absolute atomic E-state index is 0.00837. The van der Waals surface area contributed by atoms with Gasteiger partial charge in [0.2, 0.25) is 0 Å². The monoisotopic (exact) mass is 654 g/mol. The Morgan fingerprint density at radius 3 is 2.56 bits per heavy atom. The molecule has 3 aromatic rings. The van der Waals surface area contributed by atoms with Gasteiger partial charge in [-0.2, -0.15) is 0 Å². The average molecular weight is 655 g/mol. The summed E-state index contributed by atoms with van der Waals surface area (Å²) in [5.74, 6) is 0.122. The Morgan fingerprint density at radius 2 is 1.82 bits per heavy atom. The van der Waals surface area contributed by atoms with Gasteiger partial charge in [0, 0.05) is 52.5 Å². The van der Waals surface area contributed by atoms with Crippen LogP contribution in [0.2, 0.25) is 5.02 Å². The summed E-state index contributed by atoms with van der Waals surface area (Å²) < 4.78 is 51.5. The highest BCUT2D eigenvalue weighted by Crippen LogP contribution is 2.38. The molecular weight excluding hydrogens is 618 g/mol. The van der Waals surface area contributed by atoms with Gasteiger partial charge in [-0.3, -0.25) is 9.00 Å². The fraction of sp³-hybridized carbons (Fsp3) is 0.400. The largest absolute Gasteiger partial charge is 0.496 e. The second-order valence-electron chi connectivity index (χ2n) is 12.0. The molecule has 2 aliphatic heterocycles. The van der Waals surface area contributed by atoms with Crippen molar-refractivity contribution in [2.45, 2.75) is 63.7 Å². The molecule has 3 atom stereocenters. The van der Waals surface area contributed by atoms with Gasteiger partial charge in [0.25, 0.3) is 5.91 Å². The molecule has 2 fully saturated rings. The second kappa shape index (κ2) is 13.6. The topological polar surface area (TPSA) is 67.9 Å². The van der Waals surface area contributed by atoms with Crippen molar-refractivity contribution in [3.63, 3.8) is 0 Å². The molecule has 1 amide bonds. The Kier molecular flexibility index (Phi) is 9.59. The standard InChI is InChI=1S/C35H37ClF2N2O4S/c1-21-24(6-3-7-31(21)43-2)18-40(26-12-13-26)35(41)32-27(17-25-19-45(42)20-30(32)39-25)23-10-8-22(9-11-23)5-4-16-44-34-29(38)15-14-28(37)33(34)36/h3,6-11,14-15,25-26,30,39H,4-5,12-13,16-20H2,1-2H3/t25-,30-,45-/m1/s1. The van der Waals surface area contributed by atoms with Crippen molar-refractivity contribution in [2.24, 2.45) is 0 Å². The van der Waals surface area contributed by atoms with Gasteiger partial charge < -0.3 is 19.7 Å². The number of methoxy groups -OCH3 is 1. The Bertz CT molecular complexity index is 1640. The number of hydrogen-bond donors (Lipinski definition) is 1. The first-order valence-corrected chi connectivity index (χ1v) is 17.2. The van der Waals surface area contributed by atoms with E-state index in [-0.39, 0.29) is 41.4 Å². The molecule has 3 aliphatic rings. The van der Waals surface area contributed by atoms with Crippen LogP contribution in [0.4, 0.5) is 8.78 Å². The fourth-order valence-corrected chi connectivity index (χ4v) is 8.01. The van der Waals surface area contributed by atoms with Crippen LogP contribution in [0, 0.1) is 18.6 Å². The summed E-state index contributed by atoms with van der Waals surface area (Å²) in [4.78, 5) is 16.5. The second-order valence-corrected chi connectivity index (χ2v) is 13.9. The molecule has 1 saturated heterocycles. The summed E-state index contributed by atoms with van der Waals surface area (Å²) in [6, 6.07) is 16.1. The van der Waals surface area contributed by atoms with Gasteiger partial charge in [-0.05, 0) is 85.1 Å². The number of nitrogens with one attached hydrogen (secondary N) is 1. The van der Waals surface area contributed by atoms with E-state index >= 15 is 0 Å². The highest BCUT2D eigenvalue weighted by Gasteiger charge is 2.42. The maximum Gasteiger partial charge on any atom is 0.252 e. The number of fused-ring (bicyclic) bond motifs is 2. The summed E-state index contributed by atoms with van der Waals surface area (Å²) in [7, 11) is 0.669. The number of carbonyl (C=O) groups excluding carboxylic acids is 1. The molecule has 6 nitrogen and oxygen atoms in total. The van der Waals surface area contributed by atoms with Gasteiger partial charge in [-0.25, -0.2) is 8.78 Å². The van der Waals surface area contributed by atoms with E-state index in [9.17, 15) is 17.8 Å². The maximum atomic E-state index is 14.5. The van der Waals surface area contributed by atoms with E-state index < -0.39 is 22.4 Å². The molecule has 0 radical (unpaired) electrons. The lowest BCUT2D eigenvalue weighted by molar-refractivity contribution is -0.128. The van der Waals surface area contributed by atoms with Crippen LogP contribution in [0.5, 0.6) is 11.5 Å². The number of aryl methyl sites for hydroxylation is 1. The average Bonchev–Trinajstić information content (AvgIpc) is 3.87. The van der Waals surface area contributed by atoms with Crippen LogP contribution in [0.3, 0.4) is 0 Å². The first-order valence-electron chi connectivity index (χ1n) is 15.4. The van der Waals surface area contributed by atoms with Crippen LogP contribution >= 0.6 is 11.6 Å². The van der Waals surface area contributed by atoms with E-state index in [2.05, 4.69) is 5.32 Å². The number of carbonyl (C=O) groups is 1. The normalized spacial score (nSPS) is 21.0. The molecule has 3 aromatic carbocycles. The minimum Gasteiger partial charge on any atom is -0.496 e. The third-order valence-corrected chi connectivity index (χ3v) is 10.7. The van der Waals surface area contributed by atoms with Crippen LogP contribution in [0.1, 0.15) is 47.9 Å². The Labute approximate surface area is 270 Å². The number of ether oxygens (including phenoxy) is 2. The molecular formula is C35H37ClF2N2O4S. The van der Waals surface area contributed by atoms with Crippen molar-refractivity contribution in [1.82, 2.24) is 10.2 Å². The van der Waals surface area contributed by atoms with Crippen molar-refractivity contribution in [1.29, 1.82) is 0 Å². The third-order valence-electron chi connectivity index (χ3n) is 8.90. The lowest BCUT2D eigenvalue weighted by atomic mass is 9.85. The molecule has 2 heterocycles. The molecule has 2 bridgehead atoms. The highest BCUT2D eigenvalue weighted by molar-refractivity contribution is 7.85. The van der Waals surface area contributed by atoms with Gasteiger partial charge in [0.1, 0.15) is 16.6 Å². The van der Waals surface area contributed by atoms with Crippen LogP contribution < -0.4 is 14.8 Å². The van der Waals surface area contributed by atoms with Crippen molar-refractivity contribution in [2.75, 3.05) is 25.2 Å². The minimum atomic E-state index is -0.987. The zero-order chi connectivity index (χ0) is 31.7. The van der Waals surface area contributed by atoms with E-state index in [0.29, 0.717) is 37.3 Å². The quantitative estimate of drug-likeness (QED) is 0.192. The van der Waals surface area contributed by atoms with Gasteiger partial charge in [0.15, 0.2) is 11.6 Å². The summed E-state index contributed by atoms with van der Waals surface area (Å²) in [5.41, 5.74) is 5.88.